The molecule has 1 saturated carbocycles. The quantitative estimate of drug-likeness (QED) is 0.788. The Morgan fingerprint density at radius 3 is 2.86 bits per heavy atom. The second kappa shape index (κ2) is 4.05. The van der Waals surface area contributed by atoms with Crippen molar-refractivity contribution in [3.05, 3.63) is 23.3 Å². The van der Waals surface area contributed by atoms with Gasteiger partial charge in [-0.1, -0.05) is 6.92 Å². The third kappa shape index (κ3) is 2.29. The number of nitrogens with zero attached hydrogens (tertiary/aromatic N) is 2. The Morgan fingerprint density at radius 2 is 2.21 bits per heavy atom. The third-order valence-corrected chi connectivity index (χ3v) is 2.45. The van der Waals surface area contributed by atoms with Crippen molar-refractivity contribution >= 4 is 0 Å². The lowest BCUT2D eigenvalue weighted by atomic mass is 10.2. The summed E-state index contributed by atoms with van der Waals surface area (Å²) in [6, 6.07) is 2.12. The fraction of sp³-hybridized carbons (Fsp3) is 0.636. The first-order valence-electron chi connectivity index (χ1n) is 5.34. The molecular weight excluding hydrogens is 174 g/mol. The van der Waals surface area contributed by atoms with Crippen LogP contribution in [0.2, 0.25) is 0 Å². The van der Waals surface area contributed by atoms with Gasteiger partial charge in [0, 0.05) is 17.3 Å². The van der Waals surface area contributed by atoms with Crippen LogP contribution in [0.25, 0.3) is 0 Å². The van der Waals surface area contributed by atoms with Gasteiger partial charge >= 0.3 is 0 Å². The Morgan fingerprint density at radius 1 is 1.43 bits per heavy atom. The summed E-state index contributed by atoms with van der Waals surface area (Å²) in [6.07, 6.45) is 2.61. The fourth-order valence-corrected chi connectivity index (χ4v) is 1.56. The first-order valence-corrected chi connectivity index (χ1v) is 5.34. The standard InChI is InChI=1S/C11H17N3/c1-3-12-7-11-13-8(2)6-10(14-11)9-4-5-9/h6,9,12H,3-5,7H2,1-2H3. The number of hydrogen-bond acceptors (Lipinski definition) is 3. The molecule has 0 saturated heterocycles. The number of aromatic nitrogens is 2. The molecule has 0 aromatic carbocycles. The molecule has 0 atom stereocenters. The lowest BCUT2D eigenvalue weighted by Crippen LogP contribution is -2.15. The minimum atomic E-state index is 0.720. The third-order valence-electron chi connectivity index (χ3n) is 2.45. The van der Waals surface area contributed by atoms with Gasteiger partial charge in [0.1, 0.15) is 5.82 Å². The van der Waals surface area contributed by atoms with Crippen LogP contribution >= 0.6 is 0 Å². The molecule has 0 spiro atoms. The predicted octanol–water partition coefficient (Wildman–Crippen LogP) is 1.77. The van der Waals surface area contributed by atoms with Crippen LogP contribution in [0.4, 0.5) is 0 Å². The van der Waals surface area contributed by atoms with E-state index in [1.807, 2.05) is 6.92 Å². The normalized spacial score (nSPS) is 15.9. The molecule has 1 heterocycles. The topological polar surface area (TPSA) is 37.8 Å². The van der Waals surface area contributed by atoms with Crippen LogP contribution in [-0.2, 0) is 6.54 Å². The molecule has 0 bridgehead atoms. The predicted molar refractivity (Wildman–Crippen MR) is 56.1 cm³/mol. The monoisotopic (exact) mass is 191 g/mol. The van der Waals surface area contributed by atoms with E-state index < -0.39 is 0 Å². The molecule has 76 valence electrons. The van der Waals surface area contributed by atoms with E-state index in [0.717, 1.165) is 30.5 Å². The molecule has 1 aliphatic carbocycles. The van der Waals surface area contributed by atoms with E-state index in [1.165, 1.54) is 18.5 Å². The zero-order valence-corrected chi connectivity index (χ0v) is 8.88. The minimum Gasteiger partial charge on any atom is -0.310 e. The van der Waals surface area contributed by atoms with Crippen LogP contribution in [0.3, 0.4) is 0 Å². The molecule has 2 rings (SSSR count). The van der Waals surface area contributed by atoms with Gasteiger partial charge in [0.05, 0.1) is 6.54 Å². The highest BCUT2D eigenvalue weighted by Crippen LogP contribution is 2.38. The summed E-state index contributed by atoms with van der Waals surface area (Å²) in [5.41, 5.74) is 2.33. The number of rotatable bonds is 4. The molecule has 1 N–H and O–H groups in total. The van der Waals surface area contributed by atoms with Gasteiger partial charge in [-0.25, -0.2) is 9.97 Å². The summed E-state index contributed by atoms with van der Waals surface area (Å²) in [5, 5.41) is 3.25. The van der Waals surface area contributed by atoms with Gasteiger partial charge in [0.2, 0.25) is 0 Å². The summed E-state index contributed by atoms with van der Waals surface area (Å²) in [5.74, 6) is 1.66. The summed E-state index contributed by atoms with van der Waals surface area (Å²) in [6.45, 7) is 5.90. The molecule has 1 fully saturated rings. The molecular formula is C11H17N3. The van der Waals surface area contributed by atoms with E-state index >= 15 is 0 Å². The van der Waals surface area contributed by atoms with E-state index in [0.29, 0.717) is 0 Å². The van der Waals surface area contributed by atoms with Crippen molar-refractivity contribution in [1.29, 1.82) is 0 Å². The van der Waals surface area contributed by atoms with Gasteiger partial charge in [0.15, 0.2) is 0 Å². The van der Waals surface area contributed by atoms with Crippen molar-refractivity contribution in [3.8, 4) is 0 Å². The summed E-state index contributed by atoms with van der Waals surface area (Å²) in [4.78, 5) is 8.97. The molecule has 0 amide bonds. The maximum Gasteiger partial charge on any atom is 0.142 e. The van der Waals surface area contributed by atoms with Gasteiger partial charge < -0.3 is 5.32 Å². The number of nitrogens with one attached hydrogen (secondary N) is 1. The molecule has 1 aliphatic rings. The van der Waals surface area contributed by atoms with Crippen LogP contribution in [0, 0.1) is 6.92 Å². The molecule has 1 aromatic heterocycles. The largest absolute Gasteiger partial charge is 0.310 e. The van der Waals surface area contributed by atoms with Gasteiger partial charge in [-0.05, 0) is 32.4 Å². The SMILES string of the molecule is CCNCc1nc(C)cc(C2CC2)n1. The van der Waals surface area contributed by atoms with E-state index in [-0.39, 0.29) is 0 Å². The zero-order valence-electron chi connectivity index (χ0n) is 8.88. The van der Waals surface area contributed by atoms with Crippen LogP contribution in [0.1, 0.15) is 42.9 Å². The Hall–Kier alpha value is -0.960. The first-order chi connectivity index (χ1) is 6.79. The Bertz CT molecular complexity index is 318. The smallest absolute Gasteiger partial charge is 0.142 e. The summed E-state index contributed by atoms with van der Waals surface area (Å²) < 4.78 is 0. The van der Waals surface area contributed by atoms with Crippen LogP contribution < -0.4 is 5.32 Å². The van der Waals surface area contributed by atoms with Crippen LogP contribution in [-0.4, -0.2) is 16.5 Å². The van der Waals surface area contributed by atoms with Crippen LogP contribution in [0.5, 0.6) is 0 Å². The first kappa shape index (κ1) is 9.59. The summed E-state index contributed by atoms with van der Waals surface area (Å²) >= 11 is 0. The van der Waals surface area contributed by atoms with Crippen molar-refractivity contribution in [2.75, 3.05) is 6.54 Å². The molecule has 0 aliphatic heterocycles. The fourth-order valence-electron chi connectivity index (χ4n) is 1.56. The minimum absolute atomic E-state index is 0.720. The van der Waals surface area contributed by atoms with Crippen LogP contribution in [0.15, 0.2) is 6.07 Å². The van der Waals surface area contributed by atoms with Crippen molar-refractivity contribution in [2.45, 2.75) is 39.2 Å². The molecule has 14 heavy (non-hydrogen) atoms. The Balaban J connectivity index is 2.13. The average Bonchev–Trinajstić information content (AvgIpc) is 2.97. The molecule has 3 nitrogen and oxygen atoms in total. The Kier molecular flexibility index (Phi) is 2.77. The highest BCUT2D eigenvalue weighted by molar-refractivity contribution is 5.18. The highest BCUT2D eigenvalue weighted by Gasteiger charge is 2.25. The molecule has 0 unspecified atom stereocenters. The Labute approximate surface area is 85.0 Å². The van der Waals surface area contributed by atoms with Gasteiger partial charge in [-0.2, -0.15) is 0 Å². The second-order valence-corrected chi connectivity index (χ2v) is 3.91. The second-order valence-electron chi connectivity index (χ2n) is 3.91. The lowest BCUT2D eigenvalue weighted by molar-refractivity contribution is 0.681. The number of hydrogen-bond donors (Lipinski definition) is 1. The zero-order chi connectivity index (χ0) is 9.97. The van der Waals surface area contributed by atoms with Crippen molar-refractivity contribution in [3.63, 3.8) is 0 Å². The van der Waals surface area contributed by atoms with Crippen molar-refractivity contribution in [1.82, 2.24) is 15.3 Å². The lowest BCUT2D eigenvalue weighted by Gasteiger charge is -2.05. The maximum atomic E-state index is 4.56. The van der Waals surface area contributed by atoms with E-state index in [4.69, 9.17) is 0 Å². The van der Waals surface area contributed by atoms with Gasteiger partial charge in [-0.3, -0.25) is 0 Å². The van der Waals surface area contributed by atoms with E-state index in [9.17, 15) is 0 Å². The summed E-state index contributed by atoms with van der Waals surface area (Å²) in [7, 11) is 0. The average molecular weight is 191 g/mol. The number of aryl methyl sites for hydroxylation is 1. The molecule has 1 aromatic rings. The van der Waals surface area contributed by atoms with Gasteiger partial charge in [0.25, 0.3) is 0 Å². The van der Waals surface area contributed by atoms with E-state index in [1.54, 1.807) is 0 Å². The van der Waals surface area contributed by atoms with Crippen molar-refractivity contribution in [2.24, 2.45) is 0 Å². The highest BCUT2D eigenvalue weighted by atomic mass is 15.0. The van der Waals surface area contributed by atoms with E-state index in [2.05, 4.69) is 28.3 Å². The molecule has 3 heteroatoms. The molecule has 0 radical (unpaired) electrons. The van der Waals surface area contributed by atoms with Crippen molar-refractivity contribution < 1.29 is 0 Å². The maximum absolute atomic E-state index is 4.56. The van der Waals surface area contributed by atoms with Gasteiger partial charge in [-0.15, -0.1) is 0 Å².